The summed E-state index contributed by atoms with van der Waals surface area (Å²) in [5, 5.41) is 4.89. The van der Waals surface area contributed by atoms with Gasteiger partial charge in [0.2, 0.25) is 0 Å². The van der Waals surface area contributed by atoms with E-state index < -0.39 is 18.7 Å². The Balaban J connectivity index is 2.22. The molecule has 0 aliphatic rings. The molecular weight excluding hydrogens is 354 g/mol. The van der Waals surface area contributed by atoms with Crippen LogP contribution in [0.1, 0.15) is 25.5 Å². The van der Waals surface area contributed by atoms with Gasteiger partial charge in [0.1, 0.15) is 0 Å². The highest BCUT2D eigenvalue weighted by Gasteiger charge is 2.21. The zero-order valence-electron chi connectivity index (χ0n) is 13.5. The minimum atomic E-state index is -2.67. The third-order valence-corrected chi connectivity index (χ3v) is 3.78. The first kappa shape index (κ1) is 17.3. The standard InChI is InChI=1S/C16H15ClF2N4O2/c1-8(2)13-12(9-3-5-10(17)6-4-9)14-20-15(25-7-11(18)19)21-16(24)23(14)22-13/h3-6,8,11H,7H2,1-2H3,(H,20,21,24). The van der Waals surface area contributed by atoms with Crippen molar-refractivity contribution in [3.8, 4) is 17.1 Å². The normalized spacial score (nSPS) is 11.6. The van der Waals surface area contributed by atoms with Crippen molar-refractivity contribution in [2.24, 2.45) is 0 Å². The highest BCUT2D eigenvalue weighted by Crippen LogP contribution is 2.32. The van der Waals surface area contributed by atoms with E-state index in [1.807, 2.05) is 13.8 Å². The quantitative estimate of drug-likeness (QED) is 0.748. The molecule has 0 bridgehead atoms. The van der Waals surface area contributed by atoms with Crippen LogP contribution in [0.25, 0.3) is 16.8 Å². The van der Waals surface area contributed by atoms with E-state index in [2.05, 4.69) is 15.1 Å². The summed E-state index contributed by atoms with van der Waals surface area (Å²) in [5.74, 6) is 0.0113. The maximum atomic E-state index is 12.4. The van der Waals surface area contributed by atoms with Gasteiger partial charge >= 0.3 is 5.69 Å². The van der Waals surface area contributed by atoms with Gasteiger partial charge in [-0.2, -0.15) is 14.6 Å². The molecule has 25 heavy (non-hydrogen) atoms. The predicted octanol–water partition coefficient (Wildman–Crippen LogP) is 3.51. The Kier molecular flexibility index (Phi) is 4.71. The van der Waals surface area contributed by atoms with Crippen LogP contribution < -0.4 is 10.4 Å². The lowest BCUT2D eigenvalue weighted by atomic mass is 10.00. The zero-order valence-corrected chi connectivity index (χ0v) is 14.2. The molecule has 3 rings (SSSR count). The Morgan fingerprint density at radius 2 is 1.96 bits per heavy atom. The molecule has 1 aromatic carbocycles. The van der Waals surface area contributed by atoms with Crippen molar-refractivity contribution in [1.29, 1.82) is 0 Å². The van der Waals surface area contributed by atoms with E-state index in [0.717, 1.165) is 10.1 Å². The number of benzene rings is 1. The van der Waals surface area contributed by atoms with Gasteiger partial charge in [0.05, 0.1) is 11.3 Å². The SMILES string of the molecule is CC(C)c1nn2c(=O)[nH]c(OCC(F)F)nc2c1-c1ccc(Cl)cc1. The van der Waals surface area contributed by atoms with E-state index in [4.69, 9.17) is 16.3 Å². The summed E-state index contributed by atoms with van der Waals surface area (Å²) in [4.78, 5) is 18.7. The number of fused-ring (bicyclic) bond motifs is 1. The second-order valence-electron chi connectivity index (χ2n) is 5.71. The van der Waals surface area contributed by atoms with Gasteiger partial charge < -0.3 is 4.74 Å². The van der Waals surface area contributed by atoms with Crippen LogP contribution in [0.4, 0.5) is 8.78 Å². The molecule has 0 spiro atoms. The number of H-pyrrole nitrogens is 1. The summed E-state index contributed by atoms with van der Waals surface area (Å²) in [5.41, 5.74) is 1.68. The summed E-state index contributed by atoms with van der Waals surface area (Å²) < 4.78 is 30.7. The number of rotatable bonds is 5. The molecule has 3 aromatic rings. The number of alkyl halides is 2. The minimum Gasteiger partial charge on any atom is -0.459 e. The second-order valence-corrected chi connectivity index (χ2v) is 6.14. The molecule has 0 aliphatic carbocycles. The molecule has 0 fully saturated rings. The fourth-order valence-corrected chi connectivity index (χ4v) is 2.57. The van der Waals surface area contributed by atoms with Crippen LogP contribution in [0, 0.1) is 0 Å². The highest BCUT2D eigenvalue weighted by molar-refractivity contribution is 6.30. The molecule has 0 atom stereocenters. The number of nitrogens with one attached hydrogen (secondary N) is 1. The first-order valence-electron chi connectivity index (χ1n) is 7.56. The molecule has 0 saturated carbocycles. The van der Waals surface area contributed by atoms with Crippen LogP contribution in [0.5, 0.6) is 6.01 Å². The minimum absolute atomic E-state index is 0.0113. The molecule has 132 valence electrons. The molecule has 2 heterocycles. The average molecular weight is 369 g/mol. The first-order valence-corrected chi connectivity index (χ1v) is 7.94. The lowest BCUT2D eigenvalue weighted by molar-refractivity contribution is 0.0768. The van der Waals surface area contributed by atoms with Crippen LogP contribution >= 0.6 is 11.6 Å². The largest absolute Gasteiger partial charge is 0.459 e. The van der Waals surface area contributed by atoms with Crippen LogP contribution in [-0.4, -0.2) is 32.6 Å². The zero-order chi connectivity index (χ0) is 18.1. The van der Waals surface area contributed by atoms with Crippen molar-refractivity contribution in [3.05, 3.63) is 45.5 Å². The molecular formula is C16H15ClF2N4O2. The molecule has 9 heteroatoms. The van der Waals surface area contributed by atoms with Gasteiger partial charge in [-0.05, 0) is 23.6 Å². The smallest absolute Gasteiger partial charge is 0.352 e. The summed E-state index contributed by atoms with van der Waals surface area (Å²) in [7, 11) is 0. The van der Waals surface area contributed by atoms with Gasteiger partial charge in [-0.3, -0.25) is 4.98 Å². The number of ether oxygens (including phenoxy) is 1. The fourth-order valence-electron chi connectivity index (χ4n) is 2.45. The van der Waals surface area contributed by atoms with Gasteiger partial charge in [-0.25, -0.2) is 13.6 Å². The van der Waals surface area contributed by atoms with Crippen molar-refractivity contribution in [3.63, 3.8) is 0 Å². The Hall–Kier alpha value is -2.48. The number of aromatic nitrogens is 4. The molecule has 1 N–H and O–H groups in total. The Labute approximate surface area is 146 Å². The van der Waals surface area contributed by atoms with Crippen molar-refractivity contribution >= 4 is 17.2 Å². The van der Waals surface area contributed by atoms with Gasteiger partial charge in [-0.1, -0.05) is 37.6 Å². The van der Waals surface area contributed by atoms with Crippen molar-refractivity contribution in [2.75, 3.05) is 6.61 Å². The third kappa shape index (κ3) is 3.48. The van der Waals surface area contributed by atoms with Gasteiger partial charge in [0.25, 0.3) is 12.4 Å². The topological polar surface area (TPSA) is 72.3 Å². The molecule has 2 aromatic heterocycles. The van der Waals surface area contributed by atoms with E-state index in [0.29, 0.717) is 16.3 Å². The summed E-state index contributed by atoms with van der Waals surface area (Å²) in [6, 6.07) is 6.72. The van der Waals surface area contributed by atoms with Crippen molar-refractivity contribution < 1.29 is 13.5 Å². The maximum Gasteiger partial charge on any atom is 0.352 e. The monoisotopic (exact) mass is 368 g/mol. The van der Waals surface area contributed by atoms with Crippen LogP contribution in [0.2, 0.25) is 5.02 Å². The van der Waals surface area contributed by atoms with E-state index in [9.17, 15) is 13.6 Å². The summed E-state index contributed by atoms with van der Waals surface area (Å²) >= 11 is 5.93. The number of nitrogens with zero attached hydrogens (tertiary/aromatic N) is 3. The lowest BCUT2D eigenvalue weighted by Gasteiger charge is -2.07. The predicted molar refractivity (Wildman–Crippen MR) is 89.6 cm³/mol. The Morgan fingerprint density at radius 3 is 2.56 bits per heavy atom. The van der Waals surface area contributed by atoms with E-state index in [-0.39, 0.29) is 17.6 Å². The lowest BCUT2D eigenvalue weighted by Crippen LogP contribution is -2.21. The number of halogens is 3. The van der Waals surface area contributed by atoms with Crippen molar-refractivity contribution in [2.45, 2.75) is 26.2 Å². The Morgan fingerprint density at radius 1 is 1.28 bits per heavy atom. The van der Waals surface area contributed by atoms with Gasteiger partial charge in [0.15, 0.2) is 12.3 Å². The fraction of sp³-hybridized carbons (Fsp3) is 0.312. The first-order chi connectivity index (χ1) is 11.9. The number of hydrogen-bond donors (Lipinski definition) is 1. The molecule has 0 saturated heterocycles. The molecule has 0 radical (unpaired) electrons. The number of aromatic amines is 1. The molecule has 0 unspecified atom stereocenters. The molecule has 6 nitrogen and oxygen atoms in total. The second kappa shape index (κ2) is 6.79. The van der Waals surface area contributed by atoms with Gasteiger partial charge in [0, 0.05) is 5.02 Å². The third-order valence-electron chi connectivity index (χ3n) is 3.53. The summed E-state index contributed by atoms with van der Waals surface area (Å²) in [6.45, 7) is 3.01. The highest BCUT2D eigenvalue weighted by atomic mass is 35.5. The van der Waals surface area contributed by atoms with Crippen LogP contribution in [0.3, 0.4) is 0 Å². The molecule has 0 aliphatic heterocycles. The van der Waals surface area contributed by atoms with Crippen molar-refractivity contribution in [1.82, 2.24) is 19.6 Å². The van der Waals surface area contributed by atoms with E-state index >= 15 is 0 Å². The van der Waals surface area contributed by atoms with Crippen LogP contribution in [0.15, 0.2) is 29.1 Å². The number of hydrogen-bond acceptors (Lipinski definition) is 4. The Bertz CT molecular complexity index is 951. The average Bonchev–Trinajstić information content (AvgIpc) is 2.94. The molecule has 0 amide bonds. The maximum absolute atomic E-state index is 12.4. The van der Waals surface area contributed by atoms with Crippen LogP contribution in [-0.2, 0) is 0 Å². The van der Waals surface area contributed by atoms with E-state index in [1.54, 1.807) is 24.3 Å². The van der Waals surface area contributed by atoms with Gasteiger partial charge in [-0.15, -0.1) is 0 Å². The summed E-state index contributed by atoms with van der Waals surface area (Å²) in [6.07, 6.45) is -2.67. The van der Waals surface area contributed by atoms with E-state index in [1.165, 1.54) is 0 Å².